The molecule has 122 valence electrons. The van der Waals surface area contributed by atoms with E-state index in [0.717, 1.165) is 31.6 Å². The molecule has 0 radical (unpaired) electrons. The first kappa shape index (κ1) is 17.7. The molecule has 1 aliphatic heterocycles. The van der Waals surface area contributed by atoms with E-state index in [9.17, 15) is 4.79 Å². The van der Waals surface area contributed by atoms with Crippen LogP contribution >= 0.6 is 46.7 Å². The predicted molar refractivity (Wildman–Crippen MR) is 109 cm³/mol. The Kier molecular flexibility index (Phi) is 5.77. The maximum atomic E-state index is 12.9. The Morgan fingerprint density at radius 2 is 1.58 bits per heavy atom. The highest BCUT2D eigenvalue weighted by molar-refractivity contribution is 8.25. The van der Waals surface area contributed by atoms with E-state index in [1.165, 1.54) is 11.8 Å². The van der Waals surface area contributed by atoms with Crippen LogP contribution in [-0.4, -0.2) is 11.5 Å². The number of ketones is 1. The molecule has 3 rings (SSSR count). The lowest BCUT2D eigenvalue weighted by atomic mass is 10.0. The van der Waals surface area contributed by atoms with Gasteiger partial charge in [-0.2, -0.15) is 0 Å². The van der Waals surface area contributed by atoms with Crippen LogP contribution in [0.3, 0.4) is 0 Å². The van der Waals surface area contributed by atoms with Gasteiger partial charge in [-0.1, -0.05) is 66.2 Å². The number of benzene rings is 2. The van der Waals surface area contributed by atoms with Crippen LogP contribution in [0.4, 0.5) is 0 Å². The van der Waals surface area contributed by atoms with Crippen molar-refractivity contribution in [1.82, 2.24) is 0 Å². The highest BCUT2D eigenvalue weighted by Crippen LogP contribution is 2.49. The van der Waals surface area contributed by atoms with E-state index >= 15 is 0 Å². The van der Waals surface area contributed by atoms with Gasteiger partial charge in [0.05, 0.1) is 14.7 Å². The Bertz CT molecular complexity index is 821. The molecule has 0 fully saturated rings. The molecule has 2 aromatic rings. The van der Waals surface area contributed by atoms with E-state index in [2.05, 4.69) is 6.92 Å². The van der Waals surface area contributed by atoms with Crippen LogP contribution in [0.5, 0.6) is 0 Å². The highest BCUT2D eigenvalue weighted by atomic mass is 35.5. The number of carbonyl (C=O) groups excluding carboxylic acids is 1. The van der Waals surface area contributed by atoms with Crippen molar-refractivity contribution in [3.8, 4) is 0 Å². The fourth-order valence-electron chi connectivity index (χ4n) is 2.32. The SMILES string of the molecule is CCSC1=C(c2ccc(Cl)cc2)C(=O)/C(=C/c2ccc(Cl)cc2)S1. The van der Waals surface area contributed by atoms with Crippen molar-refractivity contribution < 1.29 is 4.79 Å². The molecule has 5 heteroatoms. The average Bonchev–Trinajstić information content (AvgIpc) is 2.87. The molecule has 1 heterocycles. The maximum absolute atomic E-state index is 12.9. The summed E-state index contributed by atoms with van der Waals surface area (Å²) in [5, 5.41) is 1.35. The Hall–Kier alpha value is -1.13. The molecular formula is C19H14Cl2OS2. The molecule has 0 aromatic heterocycles. The van der Waals surface area contributed by atoms with Gasteiger partial charge in [-0.05, 0) is 47.2 Å². The molecule has 0 spiro atoms. The Labute approximate surface area is 160 Å². The van der Waals surface area contributed by atoms with E-state index in [1.807, 2.05) is 54.6 Å². The Balaban J connectivity index is 1.97. The number of rotatable bonds is 4. The molecular weight excluding hydrogens is 379 g/mol. The molecule has 0 atom stereocenters. The van der Waals surface area contributed by atoms with Crippen molar-refractivity contribution in [2.24, 2.45) is 0 Å². The van der Waals surface area contributed by atoms with Crippen molar-refractivity contribution in [2.75, 3.05) is 5.75 Å². The summed E-state index contributed by atoms with van der Waals surface area (Å²) in [6.07, 6.45) is 1.92. The molecule has 0 saturated heterocycles. The monoisotopic (exact) mass is 392 g/mol. The number of halogens is 2. The molecule has 1 aliphatic rings. The minimum absolute atomic E-state index is 0.0632. The fraction of sp³-hybridized carbons (Fsp3) is 0.105. The van der Waals surface area contributed by atoms with Gasteiger partial charge >= 0.3 is 0 Å². The first-order chi connectivity index (χ1) is 11.6. The number of Topliss-reactive ketones (excluding diaryl/α,β-unsaturated/α-hetero) is 1. The third kappa shape index (κ3) is 3.92. The standard InChI is InChI=1S/C19H14Cl2OS2/c1-2-23-19-17(13-5-9-15(21)10-6-13)18(22)16(24-19)11-12-3-7-14(20)8-4-12/h3-11H,2H2,1H3/b16-11-. The number of thioether (sulfide) groups is 2. The number of hydrogen-bond donors (Lipinski definition) is 0. The zero-order chi connectivity index (χ0) is 17.1. The van der Waals surface area contributed by atoms with Crippen LogP contribution in [0, 0.1) is 0 Å². The van der Waals surface area contributed by atoms with Crippen LogP contribution in [0.2, 0.25) is 10.0 Å². The van der Waals surface area contributed by atoms with Gasteiger partial charge in [0.25, 0.3) is 0 Å². The topological polar surface area (TPSA) is 17.1 Å². The minimum Gasteiger partial charge on any atom is -0.288 e. The number of carbonyl (C=O) groups is 1. The molecule has 0 saturated carbocycles. The fourth-order valence-corrected chi connectivity index (χ4v) is 4.95. The molecule has 2 aromatic carbocycles. The largest absolute Gasteiger partial charge is 0.288 e. The Morgan fingerprint density at radius 3 is 2.17 bits per heavy atom. The molecule has 24 heavy (non-hydrogen) atoms. The minimum atomic E-state index is 0.0632. The van der Waals surface area contributed by atoms with Crippen LogP contribution in [0.15, 0.2) is 57.7 Å². The van der Waals surface area contributed by atoms with Crippen LogP contribution in [0.25, 0.3) is 11.6 Å². The summed E-state index contributed by atoms with van der Waals surface area (Å²) in [6, 6.07) is 14.9. The van der Waals surface area contributed by atoms with Crippen molar-refractivity contribution in [2.45, 2.75) is 6.92 Å². The van der Waals surface area contributed by atoms with Gasteiger partial charge in [-0.3, -0.25) is 4.79 Å². The van der Waals surface area contributed by atoms with Crippen LogP contribution in [0.1, 0.15) is 18.1 Å². The second-order valence-corrected chi connectivity index (χ2v) is 8.55. The van der Waals surface area contributed by atoms with Gasteiger partial charge in [0, 0.05) is 10.0 Å². The Morgan fingerprint density at radius 1 is 1.00 bits per heavy atom. The van der Waals surface area contributed by atoms with Gasteiger partial charge in [-0.25, -0.2) is 0 Å². The predicted octanol–water partition coefficient (Wildman–Crippen LogP) is 6.77. The van der Waals surface area contributed by atoms with Crippen molar-refractivity contribution in [1.29, 1.82) is 0 Å². The van der Waals surface area contributed by atoms with E-state index in [0.29, 0.717) is 10.0 Å². The molecule has 0 amide bonds. The van der Waals surface area contributed by atoms with E-state index in [4.69, 9.17) is 23.2 Å². The third-order valence-electron chi connectivity index (χ3n) is 3.43. The lowest BCUT2D eigenvalue weighted by molar-refractivity contribution is -0.109. The maximum Gasteiger partial charge on any atom is 0.202 e. The summed E-state index contributed by atoms with van der Waals surface area (Å²) in [4.78, 5) is 13.7. The van der Waals surface area contributed by atoms with Crippen molar-refractivity contribution in [3.63, 3.8) is 0 Å². The third-order valence-corrected chi connectivity index (χ3v) is 6.21. The highest BCUT2D eigenvalue weighted by Gasteiger charge is 2.30. The van der Waals surface area contributed by atoms with Crippen molar-refractivity contribution in [3.05, 3.63) is 78.8 Å². The molecule has 1 nitrogen and oxygen atoms in total. The lowest BCUT2D eigenvalue weighted by Crippen LogP contribution is -1.98. The lowest BCUT2D eigenvalue weighted by Gasteiger charge is -2.04. The number of allylic oxidation sites excluding steroid dienone is 2. The van der Waals surface area contributed by atoms with Crippen LogP contribution in [-0.2, 0) is 4.79 Å². The summed E-state index contributed by atoms with van der Waals surface area (Å²) in [6.45, 7) is 2.09. The smallest absolute Gasteiger partial charge is 0.202 e. The second-order valence-electron chi connectivity index (χ2n) is 5.09. The van der Waals surface area contributed by atoms with Crippen LogP contribution < -0.4 is 0 Å². The van der Waals surface area contributed by atoms with E-state index in [-0.39, 0.29) is 5.78 Å². The van der Waals surface area contributed by atoms with Gasteiger partial charge in [-0.15, -0.1) is 11.8 Å². The van der Waals surface area contributed by atoms with Gasteiger partial charge in [0.15, 0.2) is 0 Å². The van der Waals surface area contributed by atoms with E-state index in [1.54, 1.807) is 11.8 Å². The summed E-state index contributed by atoms with van der Waals surface area (Å²) >= 11 is 15.1. The summed E-state index contributed by atoms with van der Waals surface area (Å²) in [7, 11) is 0. The number of hydrogen-bond acceptors (Lipinski definition) is 3. The zero-order valence-electron chi connectivity index (χ0n) is 12.9. The van der Waals surface area contributed by atoms with Gasteiger partial charge < -0.3 is 0 Å². The molecule has 0 unspecified atom stereocenters. The molecule has 0 aliphatic carbocycles. The summed E-state index contributed by atoms with van der Waals surface area (Å²) < 4.78 is 1.05. The first-order valence-corrected chi connectivity index (χ1v) is 9.97. The second kappa shape index (κ2) is 7.83. The van der Waals surface area contributed by atoms with E-state index < -0.39 is 0 Å². The quantitative estimate of drug-likeness (QED) is 0.534. The van der Waals surface area contributed by atoms with Gasteiger partial charge in [0.2, 0.25) is 5.78 Å². The summed E-state index contributed by atoms with van der Waals surface area (Å²) in [5.41, 5.74) is 2.64. The zero-order valence-corrected chi connectivity index (χ0v) is 16.0. The molecule has 0 N–H and O–H groups in total. The first-order valence-electron chi connectivity index (χ1n) is 7.41. The van der Waals surface area contributed by atoms with Crippen molar-refractivity contribution >= 4 is 64.2 Å². The normalized spacial score (nSPS) is 16.3. The van der Waals surface area contributed by atoms with Gasteiger partial charge in [0.1, 0.15) is 0 Å². The average molecular weight is 393 g/mol. The summed E-state index contributed by atoms with van der Waals surface area (Å²) in [5.74, 6) is 0.981. The molecule has 0 bridgehead atoms.